The molecular formula is C12H21F3N4O. The van der Waals surface area contributed by atoms with Crippen molar-refractivity contribution >= 4 is 11.9 Å². The van der Waals surface area contributed by atoms with Crippen LogP contribution in [-0.4, -0.2) is 30.1 Å². The molecule has 1 rings (SSSR count). The van der Waals surface area contributed by atoms with Crippen LogP contribution in [0.4, 0.5) is 18.0 Å². The van der Waals surface area contributed by atoms with Crippen LogP contribution in [0.15, 0.2) is 0 Å². The number of hydrogen-bond acceptors (Lipinski definition) is 2. The zero-order valence-corrected chi connectivity index (χ0v) is 11.3. The Labute approximate surface area is 116 Å². The molecule has 1 aliphatic rings. The van der Waals surface area contributed by atoms with Gasteiger partial charge >= 0.3 is 12.2 Å². The first-order valence-corrected chi connectivity index (χ1v) is 6.72. The molecule has 5 N–H and O–H groups in total. The van der Waals surface area contributed by atoms with Crippen LogP contribution in [0.2, 0.25) is 0 Å². The van der Waals surface area contributed by atoms with Crippen molar-refractivity contribution < 1.29 is 18.0 Å². The van der Waals surface area contributed by atoms with E-state index >= 15 is 0 Å². The first-order chi connectivity index (χ1) is 9.25. The summed E-state index contributed by atoms with van der Waals surface area (Å²) in [7, 11) is 0. The summed E-state index contributed by atoms with van der Waals surface area (Å²) in [4.78, 5) is 11.6. The van der Waals surface area contributed by atoms with Gasteiger partial charge in [0.25, 0.3) is 0 Å². The Kier molecular flexibility index (Phi) is 5.64. The average molecular weight is 294 g/mol. The Bertz CT molecular complexity index is 349. The number of amidine groups is 1. The molecule has 0 radical (unpaired) electrons. The molecule has 0 aromatic rings. The number of urea groups is 1. The Balaban J connectivity index is 2.65. The van der Waals surface area contributed by atoms with Gasteiger partial charge in [-0.2, -0.15) is 13.2 Å². The predicted octanol–water partition coefficient (Wildman–Crippen LogP) is 2.27. The van der Waals surface area contributed by atoms with Crippen molar-refractivity contribution in [2.45, 2.75) is 56.7 Å². The Morgan fingerprint density at radius 2 is 1.65 bits per heavy atom. The van der Waals surface area contributed by atoms with Gasteiger partial charge in [-0.25, -0.2) is 4.79 Å². The maximum absolute atomic E-state index is 12.1. The summed E-state index contributed by atoms with van der Waals surface area (Å²) < 4.78 is 36.2. The number of carbonyl (C=O) groups is 1. The molecule has 116 valence electrons. The van der Waals surface area contributed by atoms with E-state index in [2.05, 4.69) is 5.32 Å². The van der Waals surface area contributed by atoms with Gasteiger partial charge in [0.05, 0.1) is 5.54 Å². The van der Waals surface area contributed by atoms with Crippen LogP contribution in [0.1, 0.15) is 44.9 Å². The summed E-state index contributed by atoms with van der Waals surface area (Å²) in [5.74, 6) is -0.193. The second kappa shape index (κ2) is 6.81. The quantitative estimate of drug-likeness (QED) is 0.475. The molecule has 0 bridgehead atoms. The Morgan fingerprint density at radius 1 is 1.15 bits per heavy atom. The fourth-order valence-electron chi connectivity index (χ4n) is 2.41. The van der Waals surface area contributed by atoms with E-state index in [9.17, 15) is 18.0 Å². The number of alkyl halides is 3. The van der Waals surface area contributed by atoms with Gasteiger partial charge in [0, 0.05) is 0 Å². The monoisotopic (exact) mass is 294 g/mol. The standard InChI is InChI=1S/C12H21F3N4O/c13-12(14,15)8-18-10(20)19-11(9(16)17)6-4-2-1-3-5-7-11/h1-8H2,(H3,16,17)(H2,18,19,20). The molecule has 0 aromatic heterocycles. The molecular weight excluding hydrogens is 273 g/mol. The average Bonchev–Trinajstić information content (AvgIpc) is 2.29. The lowest BCUT2D eigenvalue weighted by atomic mass is 9.83. The van der Waals surface area contributed by atoms with Gasteiger partial charge in [-0.1, -0.05) is 32.1 Å². The fourth-order valence-corrected chi connectivity index (χ4v) is 2.41. The Hall–Kier alpha value is -1.47. The van der Waals surface area contributed by atoms with Gasteiger partial charge in [0.2, 0.25) is 0 Å². The van der Waals surface area contributed by atoms with Crippen molar-refractivity contribution in [3.8, 4) is 0 Å². The van der Waals surface area contributed by atoms with Gasteiger partial charge in [0.15, 0.2) is 0 Å². The molecule has 1 aliphatic carbocycles. The molecule has 0 atom stereocenters. The topological polar surface area (TPSA) is 91.0 Å². The molecule has 0 unspecified atom stereocenters. The van der Waals surface area contributed by atoms with Gasteiger partial charge in [-0.15, -0.1) is 0 Å². The number of hydrogen-bond donors (Lipinski definition) is 4. The highest BCUT2D eigenvalue weighted by atomic mass is 19.4. The first-order valence-electron chi connectivity index (χ1n) is 6.72. The summed E-state index contributed by atoms with van der Waals surface area (Å²) in [5, 5.41) is 11.9. The maximum Gasteiger partial charge on any atom is 0.405 e. The Morgan fingerprint density at radius 3 is 2.10 bits per heavy atom. The van der Waals surface area contributed by atoms with E-state index in [0.29, 0.717) is 12.8 Å². The maximum atomic E-state index is 12.1. The molecule has 0 aromatic carbocycles. The largest absolute Gasteiger partial charge is 0.405 e. The van der Waals surface area contributed by atoms with Crippen molar-refractivity contribution in [1.29, 1.82) is 5.41 Å². The van der Waals surface area contributed by atoms with Gasteiger partial charge < -0.3 is 16.4 Å². The summed E-state index contributed by atoms with van der Waals surface area (Å²) in [5.41, 5.74) is 4.55. The van der Waals surface area contributed by atoms with Crippen LogP contribution in [0.25, 0.3) is 0 Å². The van der Waals surface area contributed by atoms with Crippen LogP contribution < -0.4 is 16.4 Å². The molecule has 0 aliphatic heterocycles. The molecule has 8 heteroatoms. The van der Waals surface area contributed by atoms with E-state index in [-0.39, 0.29) is 5.84 Å². The van der Waals surface area contributed by atoms with E-state index < -0.39 is 24.3 Å². The minimum absolute atomic E-state index is 0.193. The van der Waals surface area contributed by atoms with Crippen LogP contribution in [0.5, 0.6) is 0 Å². The summed E-state index contributed by atoms with van der Waals surface area (Å²) >= 11 is 0. The molecule has 0 spiro atoms. The molecule has 1 fully saturated rings. The number of nitrogens with two attached hydrogens (primary N) is 1. The van der Waals surface area contributed by atoms with Crippen molar-refractivity contribution in [2.24, 2.45) is 5.73 Å². The normalized spacial score (nSPS) is 19.6. The highest BCUT2D eigenvalue weighted by Gasteiger charge is 2.36. The van der Waals surface area contributed by atoms with Crippen molar-refractivity contribution in [2.75, 3.05) is 6.54 Å². The summed E-state index contributed by atoms with van der Waals surface area (Å²) in [6, 6.07) is -0.932. The molecule has 2 amide bonds. The van der Waals surface area contributed by atoms with Crippen LogP contribution in [-0.2, 0) is 0 Å². The minimum atomic E-state index is -4.46. The zero-order valence-electron chi connectivity index (χ0n) is 11.3. The third kappa shape index (κ3) is 5.26. The number of nitrogens with one attached hydrogen (secondary N) is 3. The number of carbonyl (C=O) groups excluding carboxylic acids is 1. The third-order valence-electron chi connectivity index (χ3n) is 3.52. The lowest BCUT2D eigenvalue weighted by Crippen LogP contribution is -2.60. The highest BCUT2D eigenvalue weighted by molar-refractivity contribution is 5.91. The minimum Gasteiger partial charge on any atom is -0.386 e. The molecule has 0 heterocycles. The zero-order chi connectivity index (χ0) is 15.2. The number of rotatable bonds is 3. The van der Waals surface area contributed by atoms with Crippen molar-refractivity contribution in [3.05, 3.63) is 0 Å². The van der Waals surface area contributed by atoms with Crippen LogP contribution in [0.3, 0.4) is 0 Å². The first kappa shape index (κ1) is 16.6. The fraction of sp³-hybridized carbons (Fsp3) is 0.833. The summed E-state index contributed by atoms with van der Waals surface area (Å²) in [6.45, 7) is -1.40. The predicted molar refractivity (Wildman–Crippen MR) is 69.6 cm³/mol. The number of amides is 2. The van der Waals surface area contributed by atoms with Crippen LogP contribution >= 0.6 is 0 Å². The molecule has 20 heavy (non-hydrogen) atoms. The lowest BCUT2D eigenvalue weighted by Gasteiger charge is -2.35. The van der Waals surface area contributed by atoms with Gasteiger partial charge in [0.1, 0.15) is 12.4 Å². The van der Waals surface area contributed by atoms with Gasteiger partial charge in [-0.3, -0.25) is 5.41 Å². The molecule has 1 saturated carbocycles. The second-order valence-electron chi connectivity index (χ2n) is 5.19. The van der Waals surface area contributed by atoms with E-state index in [1.54, 1.807) is 5.32 Å². The van der Waals surface area contributed by atoms with Crippen molar-refractivity contribution in [3.63, 3.8) is 0 Å². The lowest BCUT2D eigenvalue weighted by molar-refractivity contribution is -0.122. The third-order valence-corrected chi connectivity index (χ3v) is 3.52. The van der Waals surface area contributed by atoms with E-state index in [1.165, 1.54) is 0 Å². The van der Waals surface area contributed by atoms with Gasteiger partial charge in [-0.05, 0) is 12.8 Å². The van der Waals surface area contributed by atoms with E-state index in [0.717, 1.165) is 32.1 Å². The number of halogens is 3. The highest BCUT2D eigenvalue weighted by Crippen LogP contribution is 2.26. The molecule has 5 nitrogen and oxygen atoms in total. The molecule has 0 saturated heterocycles. The van der Waals surface area contributed by atoms with E-state index in [4.69, 9.17) is 11.1 Å². The van der Waals surface area contributed by atoms with Crippen LogP contribution in [0, 0.1) is 5.41 Å². The SMILES string of the molecule is N=C(N)C1(NC(=O)NCC(F)(F)F)CCCCCCC1. The smallest absolute Gasteiger partial charge is 0.386 e. The van der Waals surface area contributed by atoms with E-state index in [1.807, 2.05) is 0 Å². The van der Waals surface area contributed by atoms with Crippen molar-refractivity contribution in [1.82, 2.24) is 10.6 Å². The summed E-state index contributed by atoms with van der Waals surface area (Å²) in [6.07, 6.45) is 1.14. The second-order valence-corrected chi connectivity index (χ2v) is 5.19.